The van der Waals surface area contributed by atoms with Crippen molar-refractivity contribution in [2.75, 3.05) is 31.6 Å². The van der Waals surface area contributed by atoms with Gasteiger partial charge in [0.05, 0.1) is 13.2 Å². The van der Waals surface area contributed by atoms with Crippen LogP contribution in [0, 0.1) is 0 Å². The van der Waals surface area contributed by atoms with Crippen LogP contribution >= 0.6 is 24.0 Å². The first-order valence-corrected chi connectivity index (χ1v) is 11.2. The highest BCUT2D eigenvalue weighted by Gasteiger charge is 2.25. The van der Waals surface area contributed by atoms with Crippen molar-refractivity contribution in [3.63, 3.8) is 0 Å². The lowest BCUT2D eigenvalue weighted by Gasteiger charge is -2.30. The SMILES string of the molecule is CC(C)(C)NC(=O)CN=C(NCC1Cc2ccccc21)Nc1ccc2c(c1)OCCCO2.I. The third kappa shape index (κ3) is 6.99. The minimum atomic E-state index is -0.294. The number of halogens is 1. The van der Waals surface area contributed by atoms with Gasteiger partial charge in [0.15, 0.2) is 17.5 Å². The Bertz CT molecular complexity index is 1000. The number of aliphatic imine (C=N–C) groups is 1. The van der Waals surface area contributed by atoms with E-state index in [-0.39, 0.29) is 42.0 Å². The molecule has 0 fully saturated rings. The zero-order valence-electron chi connectivity index (χ0n) is 19.4. The molecule has 2 aromatic carbocycles. The third-order valence-electron chi connectivity index (χ3n) is 5.38. The summed E-state index contributed by atoms with van der Waals surface area (Å²) in [5.74, 6) is 2.34. The third-order valence-corrected chi connectivity index (χ3v) is 5.38. The smallest absolute Gasteiger partial charge is 0.242 e. The van der Waals surface area contributed by atoms with Gasteiger partial charge in [-0.2, -0.15) is 0 Å². The van der Waals surface area contributed by atoms with E-state index in [4.69, 9.17) is 9.47 Å². The van der Waals surface area contributed by atoms with Crippen LogP contribution in [-0.4, -0.2) is 43.7 Å². The highest BCUT2D eigenvalue weighted by atomic mass is 127. The van der Waals surface area contributed by atoms with Gasteiger partial charge in [0.2, 0.25) is 5.91 Å². The zero-order chi connectivity index (χ0) is 22.6. The fraction of sp³-hybridized carbons (Fsp3) is 0.440. The summed E-state index contributed by atoms with van der Waals surface area (Å²) >= 11 is 0. The van der Waals surface area contributed by atoms with Gasteiger partial charge >= 0.3 is 0 Å². The largest absolute Gasteiger partial charge is 0.490 e. The number of carbonyl (C=O) groups is 1. The molecule has 178 valence electrons. The maximum absolute atomic E-state index is 12.3. The minimum Gasteiger partial charge on any atom is -0.490 e. The number of benzene rings is 2. The highest BCUT2D eigenvalue weighted by Crippen LogP contribution is 2.34. The molecule has 0 saturated carbocycles. The van der Waals surface area contributed by atoms with Gasteiger partial charge in [-0.25, -0.2) is 4.99 Å². The summed E-state index contributed by atoms with van der Waals surface area (Å²) in [7, 11) is 0. The molecule has 0 radical (unpaired) electrons. The zero-order valence-corrected chi connectivity index (χ0v) is 21.8. The van der Waals surface area contributed by atoms with E-state index in [1.807, 2.05) is 39.0 Å². The van der Waals surface area contributed by atoms with Crippen LogP contribution in [0.4, 0.5) is 5.69 Å². The quantitative estimate of drug-likeness (QED) is 0.290. The van der Waals surface area contributed by atoms with Crippen LogP contribution in [0.2, 0.25) is 0 Å². The lowest BCUT2D eigenvalue weighted by Crippen LogP contribution is -2.43. The van der Waals surface area contributed by atoms with E-state index in [0.29, 0.717) is 30.8 Å². The number of guanidine groups is 1. The Hall–Kier alpha value is -2.49. The summed E-state index contributed by atoms with van der Waals surface area (Å²) in [5.41, 5.74) is 3.31. The van der Waals surface area contributed by atoms with Crippen molar-refractivity contribution in [3.05, 3.63) is 53.6 Å². The predicted octanol–water partition coefficient (Wildman–Crippen LogP) is 4.08. The van der Waals surface area contributed by atoms with Gasteiger partial charge in [-0.15, -0.1) is 24.0 Å². The van der Waals surface area contributed by atoms with Gasteiger partial charge in [-0.05, 0) is 50.5 Å². The van der Waals surface area contributed by atoms with E-state index in [1.165, 1.54) is 11.1 Å². The van der Waals surface area contributed by atoms with E-state index in [1.54, 1.807) is 0 Å². The van der Waals surface area contributed by atoms with Crippen LogP contribution in [0.5, 0.6) is 11.5 Å². The number of nitrogens with one attached hydrogen (secondary N) is 3. The first-order valence-electron chi connectivity index (χ1n) is 11.2. The van der Waals surface area contributed by atoms with Gasteiger partial charge in [-0.1, -0.05) is 24.3 Å². The van der Waals surface area contributed by atoms with Gasteiger partial charge in [0, 0.05) is 36.2 Å². The molecule has 0 bridgehead atoms. The molecule has 33 heavy (non-hydrogen) atoms. The van der Waals surface area contributed by atoms with Crippen LogP contribution in [-0.2, 0) is 11.2 Å². The Kier molecular flexibility index (Phi) is 8.45. The molecule has 7 nitrogen and oxygen atoms in total. The number of hydrogen-bond acceptors (Lipinski definition) is 4. The number of fused-ring (bicyclic) bond motifs is 2. The minimum absolute atomic E-state index is 0. The molecular formula is C25H33IN4O3. The summed E-state index contributed by atoms with van der Waals surface area (Å²) in [6, 6.07) is 14.2. The number of amides is 1. The Balaban J connectivity index is 0.00000306. The molecule has 2 aromatic rings. The van der Waals surface area contributed by atoms with Crippen LogP contribution in [0.15, 0.2) is 47.5 Å². The first kappa shape index (κ1) is 25.1. The molecule has 1 unspecified atom stereocenters. The van der Waals surface area contributed by atoms with Gasteiger partial charge in [0.1, 0.15) is 6.54 Å². The number of rotatable bonds is 5. The maximum Gasteiger partial charge on any atom is 0.242 e. The normalized spacial score (nSPS) is 16.9. The van der Waals surface area contributed by atoms with Crippen LogP contribution in [0.3, 0.4) is 0 Å². The van der Waals surface area contributed by atoms with Crippen LogP contribution in [0.1, 0.15) is 44.2 Å². The second-order valence-electron chi connectivity index (χ2n) is 9.28. The van der Waals surface area contributed by atoms with Crippen molar-refractivity contribution in [3.8, 4) is 11.5 Å². The van der Waals surface area contributed by atoms with Crippen molar-refractivity contribution in [1.29, 1.82) is 0 Å². The molecule has 1 atom stereocenters. The van der Waals surface area contributed by atoms with Gasteiger partial charge in [-0.3, -0.25) is 4.79 Å². The average molecular weight is 564 g/mol. The van der Waals surface area contributed by atoms with E-state index in [9.17, 15) is 4.79 Å². The van der Waals surface area contributed by atoms with E-state index < -0.39 is 0 Å². The number of carbonyl (C=O) groups excluding carboxylic acids is 1. The molecule has 0 saturated heterocycles. The fourth-order valence-corrected chi connectivity index (χ4v) is 3.89. The molecule has 1 heterocycles. The molecule has 3 N–H and O–H groups in total. The molecule has 4 rings (SSSR count). The van der Waals surface area contributed by atoms with Crippen molar-refractivity contribution >= 4 is 41.5 Å². The highest BCUT2D eigenvalue weighted by molar-refractivity contribution is 14.0. The second-order valence-corrected chi connectivity index (χ2v) is 9.28. The fourth-order valence-electron chi connectivity index (χ4n) is 3.89. The van der Waals surface area contributed by atoms with Crippen molar-refractivity contribution in [2.24, 2.45) is 4.99 Å². The summed E-state index contributed by atoms with van der Waals surface area (Å²) in [4.78, 5) is 16.8. The van der Waals surface area contributed by atoms with Gasteiger partial charge in [0.25, 0.3) is 0 Å². The van der Waals surface area contributed by atoms with E-state index >= 15 is 0 Å². The Labute approximate surface area is 212 Å². The second kappa shape index (κ2) is 11.1. The lowest BCUT2D eigenvalue weighted by molar-refractivity contribution is -0.121. The lowest BCUT2D eigenvalue weighted by atomic mass is 9.78. The Morgan fingerprint density at radius 1 is 1.09 bits per heavy atom. The maximum atomic E-state index is 12.3. The molecule has 1 aliphatic heterocycles. The topological polar surface area (TPSA) is 84.0 Å². The van der Waals surface area contributed by atoms with Crippen molar-refractivity contribution in [2.45, 2.75) is 45.1 Å². The standard InChI is InChI=1S/C25H32N4O3.HI/c1-25(2,3)29-23(30)16-27-24(26-15-18-13-17-7-4-5-8-20(17)18)28-19-9-10-21-22(14-19)32-12-6-11-31-21;/h4-5,7-10,14,18H,6,11-13,15-16H2,1-3H3,(H,29,30)(H2,26,27,28);1H. The van der Waals surface area contributed by atoms with E-state index in [0.717, 1.165) is 30.8 Å². The first-order chi connectivity index (χ1) is 15.4. The molecule has 1 amide bonds. The van der Waals surface area contributed by atoms with Crippen LogP contribution < -0.4 is 25.4 Å². The predicted molar refractivity (Wildman–Crippen MR) is 142 cm³/mol. The number of anilines is 1. The van der Waals surface area contributed by atoms with Crippen molar-refractivity contribution in [1.82, 2.24) is 10.6 Å². The summed E-state index contributed by atoms with van der Waals surface area (Å²) in [6.07, 6.45) is 1.91. The molecular weight excluding hydrogens is 531 g/mol. The molecule has 0 aromatic heterocycles. The number of ether oxygens (including phenoxy) is 2. The summed E-state index contributed by atoms with van der Waals surface area (Å²) in [6.45, 7) is 7.93. The van der Waals surface area contributed by atoms with Crippen LogP contribution in [0.25, 0.3) is 0 Å². The molecule has 8 heteroatoms. The molecule has 2 aliphatic rings. The monoisotopic (exact) mass is 564 g/mol. The van der Waals surface area contributed by atoms with Gasteiger partial charge < -0.3 is 25.4 Å². The Morgan fingerprint density at radius 3 is 2.61 bits per heavy atom. The summed E-state index contributed by atoms with van der Waals surface area (Å²) in [5, 5.41) is 9.68. The number of nitrogens with zero attached hydrogens (tertiary/aromatic N) is 1. The summed E-state index contributed by atoms with van der Waals surface area (Å²) < 4.78 is 11.5. The molecule has 0 spiro atoms. The van der Waals surface area contributed by atoms with E-state index in [2.05, 4.69) is 45.2 Å². The molecule has 1 aliphatic carbocycles. The van der Waals surface area contributed by atoms with Crippen molar-refractivity contribution < 1.29 is 14.3 Å². The Morgan fingerprint density at radius 2 is 1.85 bits per heavy atom. The average Bonchev–Trinajstić information content (AvgIpc) is 2.96. The number of hydrogen-bond donors (Lipinski definition) is 3.